The molecule has 3 aliphatic rings. The minimum atomic E-state index is -3.25. The Morgan fingerprint density at radius 3 is 2.55 bits per heavy atom. The van der Waals surface area contributed by atoms with E-state index in [4.69, 9.17) is 24.3 Å². The number of aromatic nitrogens is 4. The average Bonchev–Trinajstić information content (AvgIpc) is 2.95. The maximum atomic E-state index is 13.5. The Labute approximate surface area is 194 Å². The van der Waals surface area contributed by atoms with E-state index in [-0.39, 0.29) is 41.8 Å². The minimum absolute atomic E-state index is 0.00695. The third-order valence-electron chi connectivity index (χ3n) is 6.93. The van der Waals surface area contributed by atoms with E-state index < -0.39 is 13.4 Å². The summed E-state index contributed by atoms with van der Waals surface area (Å²) in [6.45, 7) is 11.4. The average molecular weight is 480 g/mol. The number of ether oxygens (including phenoxy) is 2. The second-order valence-corrected chi connectivity index (χ2v) is 12.6. The lowest BCUT2D eigenvalue weighted by Crippen LogP contribution is -2.32. The van der Waals surface area contributed by atoms with Crippen LogP contribution in [0.2, 0.25) is 0 Å². The fourth-order valence-electron chi connectivity index (χ4n) is 5.84. The van der Waals surface area contributed by atoms with E-state index in [1.165, 1.54) is 6.33 Å². The molecule has 5 rings (SSSR count). The highest BCUT2D eigenvalue weighted by atomic mass is 31.2. The Hall–Kier alpha value is -1.58. The van der Waals surface area contributed by atoms with Gasteiger partial charge in [-0.1, -0.05) is 0 Å². The standard InChI is InChI=1S/C22H34N5O5P/c1-12(2)31-33(28,32-13(3)4)8-7-22-9-14(22)16(17-18(22)30-21(5,6)29-17)27-11-26-15-19(23)24-10-25-20(15)27/h10-14,16-18H,7-9H2,1-6H3,(H2,23,24,25)/t14-,16-,17+,18+,22?/m1/s1. The molecule has 2 aromatic heterocycles. The van der Waals surface area contributed by atoms with Crippen LogP contribution in [0.5, 0.6) is 0 Å². The Bertz CT molecular complexity index is 1090. The first-order valence-electron chi connectivity index (χ1n) is 11.7. The third kappa shape index (κ3) is 3.90. The van der Waals surface area contributed by atoms with Crippen molar-refractivity contribution >= 4 is 24.6 Å². The van der Waals surface area contributed by atoms with E-state index in [2.05, 4.69) is 19.5 Å². The van der Waals surface area contributed by atoms with E-state index in [1.807, 2.05) is 41.5 Å². The predicted octanol–water partition coefficient (Wildman–Crippen LogP) is 3.92. The molecule has 2 N–H and O–H groups in total. The van der Waals surface area contributed by atoms with Gasteiger partial charge in [-0.05, 0) is 60.3 Å². The quantitative estimate of drug-likeness (QED) is 0.561. The fourth-order valence-corrected chi connectivity index (χ4v) is 8.07. The number of imidazole rings is 1. The zero-order valence-corrected chi connectivity index (χ0v) is 21.0. The van der Waals surface area contributed by atoms with E-state index >= 15 is 0 Å². The molecular weight excluding hydrogens is 445 g/mol. The molecular formula is C22H34N5O5P. The summed E-state index contributed by atoms with van der Waals surface area (Å²) in [4.78, 5) is 13.0. The summed E-state index contributed by atoms with van der Waals surface area (Å²) >= 11 is 0. The van der Waals surface area contributed by atoms with Crippen LogP contribution in [0.3, 0.4) is 0 Å². The Kier molecular flexibility index (Phi) is 5.42. The second kappa shape index (κ2) is 7.71. The molecule has 0 spiro atoms. The molecule has 2 aromatic rings. The molecule has 2 saturated carbocycles. The van der Waals surface area contributed by atoms with Gasteiger partial charge in [0.15, 0.2) is 17.3 Å². The lowest BCUT2D eigenvalue weighted by molar-refractivity contribution is -0.161. The largest absolute Gasteiger partial charge is 0.382 e. The van der Waals surface area contributed by atoms with Crippen LogP contribution in [0.15, 0.2) is 12.7 Å². The number of nitrogens with two attached hydrogens (primary N) is 1. The summed E-state index contributed by atoms with van der Waals surface area (Å²) in [5.41, 5.74) is 7.15. The molecule has 0 aromatic carbocycles. The first kappa shape index (κ1) is 23.2. The Morgan fingerprint density at radius 1 is 1.18 bits per heavy atom. The Morgan fingerprint density at radius 2 is 1.88 bits per heavy atom. The van der Waals surface area contributed by atoms with Gasteiger partial charge in [0.1, 0.15) is 17.9 Å². The van der Waals surface area contributed by atoms with Crippen molar-refractivity contribution in [3.63, 3.8) is 0 Å². The van der Waals surface area contributed by atoms with Crippen molar-refractivity contribution in [2.75, 3.05) is 11.9 Å². The number of fused-ring (bicyclic) bond motifs is 4. The van der Waals surface area contributed by atoms with Crippen molar-refractivity contribution in [2.24, 2.45) is 11.3 Å². The lowest BCUT2D eigenvalue weighted by Gasteiger charge is -2.27. The van der Waals surface area contributed by atoms with Crippen LogP contribution in [0, 0.1) is 11.3 Å². The monoisotopic (exact) mass is 479 g/mol. The topological polar surface area (TPSA) is 124 Å². The van der Waals surface area contributed by atoms with Crippen LogP contribution in [0.4, 0.5) is 5.82 Å². The van der Waals surface area contributed by atoms with Gasteiger partial charge in [0, 0.05) is 5.41 Å². The van der Waals surface area contributed by atoms with E-state index in [1.54, 1.807) is 6.33 Å². The molecule has 0 amide bonds. The molecule has 2 aliphatic carbocycles. The van der Waals surface area contributed by atoms with E-state index in [0.717, 1.165) is 6.42 Å². The molecule has 1 aliphatic heterocycles. The van der Waals surface area contributed by atoms with Gasteiger partial charge in [0.25, 0.3) is 0 Å². The van der Waals surface area contributed by atoms with Crippen molar-refractivity contribution in [1.29, 1.82) is 0 Å². The van der Waals surface area contributed by atoms with Crippen LogP contribution in [-0.4, -0.2) is 55.9 Å². The number of anilines is 1. The van der Waals surface area contributed by atoms with Crippen molar-refractivity contribution in [3.8, 4) is 0 Å². The summed E-state index contributed by atoms with van der Waals surface area (Å²) in [5, 5.41) is 0. The fraction of sp³-hybridized carbons (Fsp3) is 0.773. The van der Waals surface area contributed by atoms with Crippen molar-refractivity contribution in [3.05, 3.63) is 12.7 Å². The zero-order valence-electron chi connectivity index (χ0n) is 20.1. The molecule has 1 saturated heterocycles. The van der Waals surface area contributed by atoms with Crippen LogP contribution in [0.25, 0.3) is 11.2 Å². The second-order valence-electron chi connectivity index (χ2n) is 10.5. The summed E-state index contributed by atoms with van der Waals surface area (Å²) in [7, 11) is -3.25. The number of nitrogens with zero attached hydrogens (tertiary/aromatic N) is 4. The molecule has 3 heterocycles. The molecule has 10 nitrogen and oxygen atoms in total. The minimum Gasteiger partial charge on any atom is -0.382 e. The molecule has 1 unspecified atom stereocenters. The summed E-state index contributed by atoms with van der Waals surface area (Å²) in [6, 6.07) is -0.00695. The van der Waals surface area contributed by atoms with Crippen LogP contribution >= 0.6 is 7.60 Å². The molecule has 3 fully saturated rings. The number of hydrogen-bond donors (Lipinski definition) is 1. The highest BCUT2D eigenvalue weighted by Gasteiger charge is 2.75. The van der Waals surface area contributed by atoms with Gasteiger partial charge in [0.2, 0.25) is 0 Å². The zero-order chi connectivity index (χ0) is 23.8. The van der Waals surface area contributed by atoms with E-state index in [0.29, 0.717) is 29.6 Å². The number of rotatable bonds is 8. The number of hydrogen-bond acceptors (Lipinski definition) is 9. The normalized spacial score (nSPS) is 32.6. The van der Waals surface area contributed by atoms with Gasteiger partial charge in [-0.3, -0.25) is 4.57 Å². The Balaban J connectivity index is 1.46. The molecule has 182 valence electrons. The molecule has 11 heteroatoms. The highest BCUT2D eigenvalue weighted by Crippen LogP contribution is 2.74. The SMILES string of the molecule is CC(C)OP(=O)(CCC12C[C@@H]1[C@@H](n1cnc3c(N)ncnc31)[C@@H]1OC(C)(C)O[C@@H]12)OC(C)C. The first-order chi connectivity index (χ1) is 15.4. The van der Waals surface area contributed by atoms with Crippen LogP contribution < -0.4 is 5.73 Å². The van der Waals surface area contributed by atoms with Crippen molar-refractivity contribution < 1.29 is 23.1 Å². The highest BCUT2D eigenvalue weighted by molar-refractivity contribution is 7.53. The molecule has 33 heavy (non-hydrogen) atoms. The molecule has 0 radical (unpaired) electrons. The van der Waals surface area contributed by atoms with Gasteiger partial charge in [0.05, 0.1) is 36.8 Å². The number of nitrogen functional groups attached to an aromatic ring is 1. The maximum Gasteiger partial charge on any atom is 0.331 e. The van der Waals surface area contributed by atoms with Gasteiger partial charge >= 0.3 is 7.60 Å². The molecule has 0 bridgehead atoms. The van der Waals surface area contributed by atoms with Crippen LogP contribution in [-0.2, 0) is 23.1 Å². The maximum absolute atomic E-state index is 13.5. The summed E-state index contributed by atoms with van der Waals surface area (Å²) in [6.07, 6.45) is 4.55. The van der Waals surface area contributed by atoms with Crippen molar-refractivity contribution in [1.82, 2.24) is 19.5 Å². The predicted molar refractivity (Wildman–Crippen MR) is 123 cm³/mol. The van der Waals surface area contributed by atoms with Crippen molar-refractivity contribution in [2.45, 2.75) is 90.6 Å². The summed E-state index contributed by atoms with van der Waals surface area (Å²) < 4.78 is 40.0. The van der Waals surface area contributed by atoms with Gasteiger partial charge < -0.3 is 28.8 Å². The van der Waals surface area contributed by atoms with Gasteiger partial charge in [-0.25, -0.2) is 15.0 Å². The van der Waals surface area contributed by atoms with Crippen LogP contribution in [0.1, 0.15) is 60.4 Å². The van der Waals surface area contributed by atoms with Gasteiger partial charge in [-0.2, -0.15) is 0 Å². The third-order valence-corrected chi connectivity index (χ3v) is 9.18. The van der Waals surface area contributed by atoms with Gasteiger partial charge in [-0.15, -0.1) is 0 Å². The summed E-state index contributed by atoms with van der Waals surface area (Å²) in [5.74, 6) is -0.0638. The lowest BCUT2D eigenvalue weighted by atomic mass is 9.96. The smallest absolute Gasteiger partial charge is 0.331 e. The molecule has 5 atom stereocenters. The first-order valence-corrected chi connectivity index (χ1v) is 13.4. The van der Waals surface area contributed by atoms with E-state index in [9.17, 15) is 4.57 Å².